The third kappa shape index (κ3) is 2.04. The van der Waals surface area contributed by atoms with E-state index in [9.17, 15) is 9.18 Å². The molecular weight excluding hydrogens is 243 g/mol. The van der Waals surface area contributed by atoms with Crippen LogP contribution in [0.3, 0.4) is 0 Å². The Hall–Kier alpha value is -1.09. The van der Waals surface area contributed by atoms with Gasteiger partial charge in [0.05, 0.1) is 0 Å². The zero-order valence-corrected chi connectivity index (χ0v) is 10.3. The van der Waals surface area contributed by atoms with Crippen molar-refractivity contribution in [2.24, 2.45) is 0 Å². The van der Waals surface area contributed by atoms with Crippen molar-refractivity contribution in [1.29, 1.82) is 0 Å². The van der Waals surface area contributed by atoms with Crippen LogP contribution >= 0.6 is 11.6 Å². The lowest BCUT2D eigenvalue weighted by Crippen LogP contribution is -2.31. The standard InChI is InChI=1S/C13H14ClFO2/c1-2-13(15,12(16)17)9-4-3-5-10(14)11(9)8-6-7-8/h3-5,8H,2,6-7H2,1H3,(H,16,17). The molecule has 4 heteroatoms. The Morgan fingerprint density at radius 1 is 1.59 bits per heavy atom. The molecule has 92 valence electrons. The molecule has 0 radical (unpaired) electrons. The van der Waals surface area contributed by atoms with Crippen molar-refractivity contribution >= 4 is 17.6 Å². The molecule has 1 aromatic carbocycles. The van der Waals surface area contributed by atoms with Gasteiger partial charge in [-0.3, -0.25) is 0 Å². The largest absolute Gasteiger partial charge is 0.479 e. The maximum atomic E-state index is 14.5. The summed E-state index contributed by atoms with van der Waals surface area (Å²) in [5.74, 6) is -1.22. The Labute approximate surface area is 104 Å². The molecule has 0 heterocycles. The molecule has 2 rings (SSSR count). The van der Waals surface area contributed by atoms with Crippen molar-refractivity contribution < 1.29 is 14.3 Å². The Kier molecular flexibility index (Phi) is 3.13. The molecule has 17 heavy (non-hydrogen) atoms. The number of carbonyl (C=O) groups is 1. The van der Waals surface area contributed by atoms with Crippen LogP contribution in [0.1, 0.15) is 43.2 Å². The van der Waals surface area contributed by atoms with Crippen molar-refractivity contribution in [2.75, 3.05) is 0 Å². The highest BCUT2D eigenvalue weighted by atomic mass is 35.5. The second-order valence-electron chi connectivity index (χ2n) is 4.44. The molecule has 0 amide bonds. The number of carboxylic acids is 1. The van der Waals surface area contributed by atoms with E-state index in [1.807, 2.05) is 0 Å². The van der Waals surface area contributed by atoms with Gasteiger partial charge in [0.25, 0.3) is 0 Å². The van der Waals surface area contributed by atoms with Gasteiger partial charge in [0, 0.05) is 10.6 Å². The minimum atomic E-state index is -2.33. The first-order valence-corrected chi connectivity index (χ1v) is 6.09. The summed E-state index contributed by atoms with van der Waals surface area (Å²) in [5, 5.41) is 9.56. The van der Waals surface area contributed by atoms with Crippen LogP contribution in [-0.4, -0.2) is 11.1 Å². The van der Waals surface area contributed by atoms with E-state index < -0.39 is 11.6 Å². The van der Waals surface area contributed by atoms with Crippen molar-refractivity contribution in [1.82, 2.24) is 0 Å². The molecule has 1 fully saturated rings. The molecule has 0 aromatic heterocycles. The molecule has 1 aliphatic rings. The first-order chi connectivity index (χ1) is 8.00. The second kappa shape index (κ2) is 4.30. The Morgan fingerprint density at radius 2 is 2.24 bits per heavy atom. The molecule has 1 unspecified atom stereocenters. The van der Waals surface area contributed by atoms with E-state index in [0.29, 0.717) is 10.6 Å². The fraction of sp³-hybridized carbons (Fsp3) is 0.462. The SMILES string of the molecule is CCC(F)(C(=O)O)c1cccc(Cl)c1C1CC1. The van der Waals surface area contributed by atoms with Gasteiger partial charge in [-0.05, 0) is 36.8 Å². The molecule has 1 atom stereocenters. The normalized spacial score (nSPS) is 18.8. The van der Waals surface area contributed by atoms with Crippen molar-refractivity contribution in [3.05, 3.63) is 34.3 Å². The highest BCUT2D eigenvalue weighted by Crippen LogP contribution is 2.48. The van der Waals surface area contributed by atoms with E-state index in [0.717, 1.165) is 12.8 Å². The zero-order valence-electron chi connectivity index (χ0n) is 9.54. The summed E-state index contributed by atoms with van der Waals surface area (Å²) < 4.78 is 14.5. The molecule has 1 aromatic rings. The second-order valence-corrected chi connectivity index (χ2v) is 4.84. The summed E-state index contributed by atoms with van der Waals surface area (Å²) in [5.41, 5.74) is -1.42. The lowest BCUT2D eigenvalue weighted by atomic mass is 9.87. The molecule has 0 saturated heterocycles. The topological polar surface area (TPSA) is 37.3 Å². The van der Waals surface area contributed by atoms with Gasteiger partial charge in [-0.2, -0.15) is 0 Å². The Bertz CT molecular complexity index is 457. The molecule has 0 bridgehead atoms. The predicted octanol–water partition coefficient (Wildman–Crippen LogP) is 3.88. The van der Waals surface area contributed by atoms with Crippen LogP contribution in [0.25, 0.3) is 0 Å². The minimum absolute atomic E-state index is 0.0948. The van der Waals surface area contributed by atoms with Crippen LogP contribution in [0.5, 0.6) is 0 Å². The number of halogens is 2. The monoisotopic (exact) mass is 256 g/mol. The van der Waals surface area contributed by atoms with Crippen LogP contribution in [-0.2, 0) is 10.5 Å². The van der Waals surface area contributed by atoms with Gasteiger partial charge in [0.15, 0.2) is 0 Å². The first-order valence-electron chi connectivity index (χ1n) is 5.72. The van der Waals surface area contributed by atoms with Crippen LogP contribution in [0, 0.1) is 0 Å². The number of carboxylic acid groups (broad SMARTS) is 1. The van der Waals surface area contributed by atoms with Crippen LogP contribution in [0.4, 0.5) is 4.39 Å². The molecule has 1 N–H and O–H groups in total. The summed E-state index contributed by atoms with van der Waals surface area (Å²) >= 11 is 6.07. The third-order valence-corrected chi connectivity index (χ3v) is 3.62. The lowest BCUT2D eigenvalue weighted by Gasteiger charge is -2.23. The van der Waals surface area contributed by atoms with Gasteiger partial charge in [0.2, 0.25) is 5.67 Å². The molecule has 1 aliphatic carbocycles. The van der Waals surface area contributed by atoms with Gasteiger partial charge < -0.3 is 5.11 Å². The van der Waals surface area contributed by atoms with Crippen LogP contribution in [0.15, 0.2) is 18.2 Å². The van der Waals surface area contributed by atoms with Crippen molar-refractivity contribution in [3.63, 3.8) is 0 Å². The molecular formula is C13H14ClFO2. The highest BCUT2D eigenvalue weighted by Gasteiger charge is 2.43. The van der Waals surface area contributed by atoms with E-state index in [2.05, 4.69) is 0 Å². The maximum Gasteiger partial charge on any atom is 0.346 e. The number of benzene rings is 1. The molecule has 1 saturated carbocycles. The van der Waals surface area contributed by atoms with Crippen molar-refractivity contribution in [3.8, 4) is 0 Å². The van der Waals surface area contributed by atoms with Gasteiger partial charge in [-0.15, -0.1) is 0 Å². The van der Waals surface area contributed by atoms with E-state index in [1.165, 1.54) is 13.0 Å². The Morgan fingerprint density at radius 3 is 2.71 bits per heavy atom. The average molecular weight is 257 g/mol. The molecule has 0 aliphatic heterocycles. The van der Waals surface area contributed by atoms with Gasteiger partial charge in [-0.1, -0.05) is 30.7 Å². The maximum absolute atomic E-state index is 14.5. The minimum Gasteiger partial charge on any atom is -0.479 e. The summed E-state index contributed by atoms with van der Waals surface area (Å²) in [4.78, 5) is 11.1. The number of rotatable bonds is 4. The number of hydrogen-bond acceptors (Lipinski definition) is 1. The predicted molar refractivity (Wildman–Crippen MR) is 64.1 cm³/mol. The van der Waals surface area contributed by atoms with E-state index in [1.54, 1.807) is 12.1 Å². The van der Waals surface area contributed by atoms with Gasteiger partial charge in [0.1, 0.15) is 0 Å². The molecule has 2 nitrogen and oxygen atoms in total. The summed E-state index contributed by atoms with van der Waals surface area (Å²) in [6, 6.07) is 4.84. The number of aliphatic carboxylic acids is 1. The van der Waals surface area contributed by atoms with E-state index in [4.69, 9.17) is 16.7 Å². The summed E-state index contributed by atoms with van der Waals surface area (Å²) in [6.45, 7) is 1.53. The fourth-order valence-electron chi connectivity index (χ4n) is 2.13. The van der Waals surface area contributed by atoms with Crippen LogP contribution in [0.2, 0.25) is 5.02 Å². The first kappa shape index (κ1) is 12.4. The smallest absolute Gasteiger partial charge is 0.346 e. The highest BCUT2D eigenvalue weighted by molar-refractivity contribution is 6.31. The summed E-state index contributed by atoms with van der Waals surface area (Å²) in [6.07, 6.45) is 1.81. The average Bonchev–Trinajstić information content (AvgIpc) is 3.11. The third-order valence-electron chi connectivity index (χ3n) is 3.29. The zero-order chi connectivity index (χ0) is 12.6. The van der Waals surface area contributed by atoms with Gasteiger partial charge >= 0.3 is 5.97 Å². The van der Waals surface area contributed by atoms with Crippen molar-refractivity contribution in [2.45, 2.75) is 37.8 Å². The van der Waals surface area contributed by atoms with Crippen LogP contribution < -0.4 is 0 Å². The lowest BCUT2D eigenvalue weighted by molar-refractivity contribution is -0.152. The summed E-state index contributed by atoms with van der Waals surface area (Å²) in [7, 11) is 0. The van der Waals surface area contributed by atoms with E-state index in [-0.39, 0.29) is 17.9 Å². The Balaban J connectivity index is 2.57. The number of alkyl halides is 1. The fourth-order valence-corrected chi connectivity index (χ4v) is 2.46. The quantitative estimate of drug-likeness (QED) is 0.888. The van der Waals surface area contributed by atoms with Gasteiger partial charge in [-0.25, -0.2) is 9.18 Å². The molecule has 0 spiro atoms. The number of hydrogen-bond donors (Lipinski definition) is 1. The van der Waals surface area contributed by atoms with E-state index >= 15 is 0 Å².